The molecule has 0 aliphatic carbocycles. The Kier molecular flexibility index (Phi) is 5.52. The van der Waals surface area contributed by atoms with Gasteiger partial charge in [-0.15, -0.1) is 0 Å². The molecular formula is C7H12OS. The number of hydrogen-bond donors (Lipinski definition) is 0. The zero-order valence-electron chi connectivity index (χ0n) is 6.05. The second-order valence-corrected chi connectivity index (χ2v) is 1.95. The molecule has 1 aromatic heterocycles. The van der Waals surface area contributed by atoms with Gasteiger partial charge in [-0.3, -0.25) is 0 Å². The number of rotatable bonds is 1. The van der Waals surface area contributed by atoms with Crippen molar-refractivity contribution in [2.75, 3.05) is 6.26 Å². The minimum Gasteiger partial charge on any atom is -0.458 e. The van der Waals surface area contributed by atoms with Gasteiger partial charge in [0.2, 0.25) is 0 Å². The lowest BCUT2D eigenvalue weighted by molar-refractivity contribution is 0.475. The molecule has 0 unspecified atom stereocenters. The first kappa shape index (κ1) is 8.63. The van der Waals surface area contributed by atoms with Crippen LogP contribution in [0, 0.1) is 0 Å². The Bertz CT molecular complexity index is 123. The summed E-state index contributed by atoms with van der Waals surface area (Å²) in [6.45, 7) is 4.00. The van der Waals surface area contributed by atoms with E-state index in [4.69, 9.17) is 4.42 Å². The van der Waals surface area contributed by atoms with Gasteiger partial charge >= 0.3 is 0 Å². The van der Waals surface area contributed by atoms with Crippen LogP contribution in [-0.2, 0) is 0 Å². The molecule has 0 saturated carbocycles. The summed E-state index contributed by atoms with van der Waals surface area (Å²) in [6, 6.07) is 3.82. The topological polar surface area (TPSA) is 13.1 Å². The van der Waals surface area contributed by atoms with Crippen molar-refractivity contribution >= 4 is 11.8 Å². The largest absolute Gasteiger partial charge is 0.458 e. The minimum absolute atomic E-state index is 0.972. The molecule has 52 valence electrons. The Balaban J connectivity index is 0.000000291. The Labute approximate surface area is 60.4 Å². The van der Waals surface area contributed by atoms with Gasteiger partial charge in [0.15, 0.2) is 5.09 Å². The van der Waals surface area contributed by atoms with E-state index in [9.17, 15) is 0 Å². The van der Waals surface area contributed by atoms with Crippen LogP contribution in [0.25, 0.3) is 0 Å². The van der Waals surface area contributed by atoms with Crippen molar-refractivity contribution in [1.29, 1.82) is 0 Å². The highest BCUT2D eigenvalue weighted by molar-refractivity contribution is 7.98. The van der Waals surface area contributed by atoms with Crippen molar-refractivity contribution in [3.8, 4) is 0 Å². The lowest BCUT2D eigenvalue weighted by Crippen LogP contribution is -1.50. The van der Waals surface area contributed by atoms with Crippen LogP contribution in [0.15, 0.2) is 27.9 Å². The van der Waals surface area contributed by atoms with Crippen LogP contribution < -0.4 is 0 Å². The first-order valence-electron chi connectivity index (χ1n) is 3.01. The second kappa shape index (κ2) is 5.76. The third kappa shape index (κ3) is 3.25. The molecule has 0 radical (unpaired) electrons. The molecule has 1 aromatic rings. The van der Waals surface area contributed by atoms with Gasteiger partial charge in [0, 0.05) is 0 Å². The fourth-order valence-electron chi connectivity index (χ4n) is 0.380. The maximum Gasteiger partial charge on any atom is 0.159 e. The molecule has 0 N–H and O–H groups in total. The molecule has 0 saturated heterocycles. The van der Waals surface area contributed by atoms with Crippen LogP contribution in [0.5, 0.6) is 0 Å². The molecule has 0 spiro atoms. The average molecular weight is 144 g/mol. The fourth-order valence-corrected chi connectivity index (χ4v) is 0.746. The number of hydrogen-bond acceptors (Lipinski definition) is 2. The molecule has 0 atom stereocenters. The van der Waals surface area contributed by atoms with Crippen LogP contribution in [0.3, 0.4) is 0 Å². The van der Waals surface area contributed by atoms with Gasteiger partial charge in [-0.2, -0.15) is 0 Å². The normalized spacial score (nSPS) is 7.89. The molecule has 0 aromatic carbocycles. The van der Waals surface area contributed by atoms with Gasteiger partial charge in [-0.1, -0.05) is 25.6 Å². The van der Waals surface area contributed by atoms with Crippen LogP contribution >= 0.6 is 11.8 Å². The zero-order chi connectivity index (χ0) is 7.11. The van der Waals surface area contributed by atoms with E-state index in [-0.39, 0.29) is 0 Å². The predicted octanol–water partition coefficient (Wildman–Crippen LogP) is 3.03. The Hall–Kier alpha value is -0.370. The molecule has 1 rings (SSSR count). The van der Waals surface area contributed by atoms with Crippen molar-refractivity contribution in [3.05, 3.63) is 18.4 Å². The summed E-state index contributed by atoms with van der Waals surface area (Å²) in [7, 11) is 0. The van der Waals surface area contributed by atoms with Crippen LogP contribution in [-0.4, -0.2) is 6.26 Å². The number of furan rings is 1. The molecule has 0 amide bonds. The summed E-state index contributed by atoms with van der Waals surface area (Å²) in [5, 5.41) is 0.972. The predicted molar refractivity (Wildman–Crippen MR) is 41.8 cm³/mol. The maximum absolute atomic E-state index is 4.95. The average Bonchev–Trinajstić information content (AvgIpc) is 2.43. The van der Waals surface area contributed by atoms with Crippen LogP contribution in [0.4, 0.5) is 0 Å². The van der Waals surface area contributed by atoms with E-state index in [1.54, 1.807) is 18.0 Å². The van der Waals surface area contributed by atoms with E-state index in [2.05, 4.69) is 0 Å². The van der Waals surface area contributed by atoms with Crippen LogP contribution in [0.1, 0.15) is 13.8 Å². The lowest BCUT2D eigenvalue weighted by atomic mass is 10.7. The first-order chi connectivity index (χ1) is 4.43. The van der Waals surface area contributed by atoms with Gasteiger partial charge in [-0.05, 0) is 18.4 Å². The summed E-state index contributed by atoms with van der Waals surface area (Å²) in [4.78, 5) is 0. The van der Waals surface area contributed by atoms with Crippen molar-refractivity contribution in [2.24, 2.45) is 0 Å². The van der Waals surface area contributed by atoms with E-state index in [1.165, 1.54) is 0 Å². The highest BCUT2D eigenvalue weighted by atomic mass is 32.2. The molecule has 0 aliphatic heterocycles. The standard InChI is InChI=1S/C5H6OS.C2H6/c1-7-5-3-2-4-6-5;1-2/h2-4H,1H3;1-2H3. The molecule has 2 heteroatoms. The minimum atomic E-state index is 0.972. The third-order valence-corrected chi connectivity index (χ3v) is 1.33. The Morgan fingerprint density at radius 1 is 1.44 bits per heavy atom. The van der Waals surface area contributed by atoms with E-state index in [0.717, 1.165) is 5.09 Å². The third-order valence-electron chi connectivity index (χ3n) is 0.696. The van der Waals surface area contributed by atoms with Crippen molar-refractivity contribution in [2.45, 2.75) is 18.9 Å². The maximum atomic E-state index is 4.95. The summed E-state index contributed by atoms with van der Waals surface area (Å²) in [5.41, 5.74) is 0. The molecular weight excluding hydrogens is 132 g/mol. The van der Waals surface area contributed by atoms with Gasteiger partial charge < -0.3 is 4.42 Å². The monoisotopic (exact) mass is 144 g/mol. The second-order valence-electron chi connectivity index (χ2n) is 1.14. The van der Waals surface area contributed by atoms with Gasteiger partial charge in [-0.25, -0.2) is 0 Å². The quantitative estimate of drug-likeness (QED) is 0.562. The highest BCUT2D eigenvalue weighted by Gasteiger charge is 1.85. The van der Waals surface area contributed by atoms with E-state index < -0.39 is 0 Å². The van der Waals surface area contributed by atoms with E-state index in [1.807, 2.05) is 32.2 Å². The molecule has 1 nitrogen and oxygen atoms in total. The Morgan fingerprint density at radius 3 is 2.33 bits per heavy atom. The zero-order valence-corrected chi connectivity index (χ0v) is 6.87. The molecule has 0 aliphatic rings. The molecule has 0 bridgehead atoms. The smallest absolute Gasteiger partial charge is 0.159 e. The highest BCUT2D eigenvalue weighted by Crippen LogP contribution is 2.12. The van der Waals surface area contributed by atoms with Gasteiger partial charge in [0.25, 0.3) is 0 Å². The molecule has 1 heterocycles. The number of thioether (sulfide) groups is 1. The summed E-state index contributed by atoms with van der Waals surface area (Å²) in [5.74, 6) is 0. The summed E-state index contributed by atoms with van der Waals surface area (Å²) >= 11 is 1.61. The fraction of sp³-hybridized carbons (Fsp3) is 0.429. The first-order valence-corrected chi connectivity index (χ1v) is 4.23. The van der Waals surface area contributed by atoms with E-state index >= 15 is 0 Å². The SMILES string of the molecule is CC.CSc1ccco1. The van der Waals surface area contributed by atoms with Crippen LogP contribution in [0.2, 0.25) is 0 Å². The van der Waals surface area contributed by atoms with E-state index in [0.29, 0.717) is 0 Å². The van der Waals surface area contributed by atoms with Gasteiger partial charge in [0.05, 0.1) is 6.26 Å². The molecule has 9 heavy (non-hydrogen) atoms. The molecule has 0 fully saturated rings. The van der Waals surface area contributed by atoms with Gasteiger partial charge in [0.1, 0.15) is 0 Å². The summed E-state index contributed by atoms with van der Waals surface area (Å²) in [6.07, 6.45) is 3.66. The summed E-state index contributed by atoms with van der Waals surface area (Å²) < 4.78 is 4.95. The van der Waals surface area contributed by atoms with Crippen molar-refractivity contribution in [1.82, 2.24) is 0 Å². The van der Waals surface area contributed by atoms with Crippen molar-refractivity contribution < 1.29 is 4.42 Å². The Morgan fingerprint density at radius 2 is 2.11 bits per heavy atom. The lowest BCUT2D eigenvalue weighted by Gasteiger charge is -1.79. The van der Waals surface area contributed by atoms with Crippen molar-refractivity contribution in [3.63, 3.8) is 0 Å².